The van der Waals surface area contributed by atoms with E-state index in [1.807, 2.05) is 19.2 Å². The van der Waals surface area contributed by atoms with Gasteiger partial charge in [-0.2, -0.15) is 0 Å². The highest BCUT2D eigenvalue weighted by Crippen LogP contribution is 2.45. The highest BCUT2D eigenvalue weighted by atomic mass is 35.5. The Labute approximate surface area is 147 Å². The molecule has 0 spiro atoms. The molecule has 0 aliphatic heterocycles. The molecule has 1 aromatic heterocycles. The van der Waals surface area contributed by atoms with E-state index in [2.05, 4.69) is 44.9 Å². The fourth-order valence-corrected chi connectivity index (χ4v) is 4.58. The van der Waals surface area contributed by atoms with Gasteiger partial charge in [0.05, 0.1) is 16.4 Å². The SMILES string of the molecule is Cc1nccc(N[C@H]2CC[C@@H](C(C)(C)CC(C)(C)C)CC2)c1Cl. The van der Waals surface area contributed by atoms with Gasteiger partial charge in [0.25, 0.3) is 0 Å². The quantitative estimate of drug-likeness (QED) is 0.680. The Morgan fingerprint density at radius 2 is 1.74 bits per heavy atom. The van der Waals surface area contributed by atoms with E-state index in [0.717, 1.165) is 22.3 Å². The number of aromatic nitrogens is 1. The van der Waals surface area contributed by atoms with Crippen molar-refractivity contribution in [3.63, 3.8) is 0 Å². The van der Waals surface area contributed by atoms with Crippen molar-refractivity contribution in [3.05, 3.63) is 23.0 Å². The van der Waals surface area contributed by atoms with Crippen LogP contribution in [0.5, 0.6) is 0 Å². The molecule has 1 saturated carbocycles. The molecule has 23 heavy (non-hydrogen) atoms. The first-order valence-electron chi connectivity index (χ1n) is 8.96. The Morgan fingerprint density at radius 3 is 2.30 bits per heavy atom. The second-order valence-corrected chi connectivity index (χ2v) is 9.55. The minimum atomic E-state index is 0.403. The molecule has 1 aliphatic carbocycles. The first kappa shape index (κ1) is 18.6. The predicted octanol–water partition coefficient (Wildman–Crippen LogP) is 6.48. The lowest BCUT2D eigenvalue weighted by atomic mass is 9.64. The summed E-state index contributed by atoms with van der Waals surface area (Å²) in [5.41, 5.74) is 2.77. The molecular weight excluding hydrogens is 304 g/mol. The molecule has 0 saturated heterocycles. The van der Waals surface area contributed by atoms with E-state index in [-0.39, 0.29) is 0 Å². The van der Waals surface area contributed by atoms with Crippen molar-refractivity contribution in [1.82, 2.24) is 4.98 Å². The summed E-state index contributed by atoms with van der Waals surface area (Å²) in [6.07, 6.45) is 8.20. The zero-order valence-electron chi connectivity index (χ0n) is 15.7. The summed E-state index contributed by atoms with van der Waals surface area (Å²) < 4.78 is 0. The summed E-state index contributed by atoms with van der Waals surface area (Å²) >= 11 is 6.36. The zero-order chi connectivity index (χ0) is 17.3. The Balaban J connectivity index is 1.92. The summed E-state index contributed by atoms with van der Waals surface area (Å²) in [5, 5.41) is 4.40. The Bertz CT molecular complexity index is 523. The van der Waals surface area contributed by atoms with Crippen molar-refractivity contribution in [2.24, 2.45) is 16.7 Å². The van der Waals surface area contributed by atoms with Crippen LogP contribution in [0.15, 0.2) is 12.3 Å². The zero-order valence-corrected chi connectivity index (χ0v) is 16.4. The Hall–Kier alpha value is -0.760. The summed E-state index contributed by atoms with van der Waals surface area (Å²) in [5.74, 6) is 0.828. The molecule has 1 N–H and O–H groups in total. The van der Waals surface area contributed by atoms with Crippen LogP contribution in [0.1, 0.15) is 72.4 Å². The van der Waals surface area contributed by atoms with Gasteiger partial charge in [0.15, 0.2) is 0 Å². The van der Waals surface area contributed by atoms with E-state index in [0.29, 0.717) is 16.9 Å². The van der Waals surface area contributed by atoms with Gasteiger partial charge in [0, 0.05) is 12.2 Å². The fourth-order valence-electron chi connectivity index (χ4n) is 4.41. The third kappa shape index (κ3) is 5.11. The monoisotopic (exact) mass is 336 g/mol. The first-order chi connectivity index (χ1) is 10.6. The van der Waals surface area contributed by atoms with E-state index < -0.39 is 0 Å². The molecule has 1 fully saturated rings. The van der Waals surface area contributed by atoms with Crippen molar-refractivity contribution >= 4 is 17.3 Å². The predicted molar refractivity (Wildman–Crippen MR) is 101 cm³/mol. The van der Waals surface area contributed by atoms with Crippen LogP contribution in [-0.2, 0) is 0 Å². The maximum absolute atomic E-state index is 6.36. The second-order valence-electron chi connectivity index (χ2n) is 9.18. The minimum Gasteiger partial charge on any atom is -0.381 e. The van der Waals surface area contributed by atoms with E-state index >= 15 is 0 Å². The highest BCUT2D eigenvalue weighted by molar-refractivity contribution is 6.33. The van der Waals surface area contributed by atoms with Crippen molar-refractivity contribution in [1.29, 1.82) is 0 Å². The number of hydrogen-bond acceptors (Lipinski definition) is 2. The van der Waals surface area contributed by atoms with Crippen LogP contribution in [-0.4, -0.2) is 11.0 Å². The van der Waals surface area contributed by atoms with Gasteiger partial charge >= 0.3 is 0 Å². The Morgan fingerprint density at radius 1 is 1.13 bits per heavy atom. The van der Waals surface area contributed by atoms with Crippen LogP contribution in [0.3, 0.4) is 0 Å². The molecule has 2 rings (SSSR count). The fraction of sp³-hybridized carbons (Fsp3) is 0.750. The van der Waals surface area contributed by atoms with Gasteiger partial charge in [0.2, 0.25) is 0 Å². The van der Waals surface area contributed by atoms with Gasteiger partial charge in [-0.3, -0.25) is 4.98 Å². The molecule has 1 aliphatic rings. The van der Waals surface area contributed by atoms with Gasteiger partial charge in [-0.1, -0.05) is 46.2 Å². The first-order valence-corrected chi connectivity index (χ1v) is 9.34. The number of anilines is 1. The molecule has 0 radical (unpaired) electrons. The van der Waals surface area contributed by atoms with E-state index in [1.54, 1.807) is 0 Å². The second kappa shape index (κ2) is 7.01. The van der Waals surface area contributed by atoms with Gasteiger partial charge in [0.1, 0.15) is 0 Å². The lowest BCUT2D eigenvalue weighted by Crippen LogP contribution is -2.35. The third-order valence-corrected chi connectivity index (χ3v) is 5.72. The lowest BCUT2D eigenvalue weighted by Gasteiger charge is -2.43. The van der Waals surface area contributed by atoms with E-state index in [9.17, 15) is 0 Å². The number of rotatable bonds is 4. The van der Waals surface area contributed by atoms with Crippen LogP contribution in [0.25, 0.3) is 0 Å². The van der Waals surface area contributed by atoms with E-state index in [4.69, 9.17) is 11.6 Å². The van der Waals surface area contributed by atoms with Crippen molar-refractivity contribution < 1.29 is 0 Å². The van der Waals surface area contributed by atoms with Gasteiger partial charge in [-0.15, -0.1) is 0 Å². The minimum absolute atomic E-state index is 0.403. The molecule has 3 heteroatoms. The van der Waals surface area contributed by atoms with Crippen molar-refractivity contribution in [3.8, 4) is 0 Å². The number of halogens is 1. The molecule has 0 amide bonds. The van der Waals surface area contributed by atoms with Gasteiger partial charge < -0.3 is 5.32 Å². The van der Waals surface area contributed by atoms with Crippen LogP contribution in [0.2, 0.25) is 5.02 Å². The largest absolute Gasteiger partial charge is 0.381 e. The topological polar surface area (TPSA) is 24.9 Å². The van der Waals surface area contributed by atoms with E-state index in [1.165, 1.54) is 32.1 Å². The normalized spacial score (nSPS) is 22.9. The molecule has 2 nitrogen and oxygen atoms in total. The molecule has 130 valence electrons. The molecule has 0 atom stereocenters. The van der Waals surface area contributed by atoms with Crippen LogP contribution < -0.4 is 5.32 Å². The maximum Gasteiger partial charge on any atom is 0.0849 e. The summed E-state index contributed by atoms with van der Waals surface area (Å²) in [4.78, 5) is 4.24. The maximum atomic E-state index is 6.36. The number of pyridine rings is 1. The standard InChI is InChI=1S/C20H33ClN2/c1-14-18(21)17(11-12-22-14)23-16-9-7-15(8-10-16)20(5,6)13-19(2,3)4/h11-12,15-16H,7-10,13H2,1-6H3,(H,22,23)/t15-,16+. The summed E-state index contributed by atoms with van der Waals surface area (Å²) in [6.45, 7) is 13.9. The number of hydrogen-bond donors (Lipinski definition) is 1. The molecule has 0 aromatic carbocycles. The van der Waals surface area contributed by atoms with Gasteiger partial charge in [-0.25, -0.2) is 0 Å². The average molecular weight is 337 g/mol. The molecular formula is C20H33ClN2. The molecule has 1 heterocycles. The summed E-state index contributed by atoms with van der Waals surface area (Å²) in [7, 11) is 0. The van der Waals surface area contributed by atoms with Crippen LogP contribution in [0.4, 0.5) is 5.69 Å². The third-order valence-electron chi connectivity index (χ3n) is 5.24. The number of aryl methyl sites for hydroxylation is 1. The smallest absolute Gasteiger partial charge is 0.0849 e. The Kier molecular flexibility index (Phi) is 5.66. The highest BCUT2D eigenvalue weighted by Gasteiger charge is 2.35. The average Bonchev–Trinajstić information content (AvgIpc) is 2.42. The molecule has 0 bridgehead atoms. The van der Waals surface area contributed by atoms with Crippen LogP contribution >= 0.6 is 11.6 Å². The summed E-state index contributed by atoms with van der Waals surface area (Å²) in [6, 6.07) is 2.53. The van der Waals surface area contributed by atoms with Crippen molar-refractivity contribution in [2.75, 3.05) is 5.32 Å². The van der Waals surface area contributed by atoms with Crippen molar-refractivity contribution in [2.45, 2.75) is 79.7 Å². The lowest BCUT2D eigenvalue weighted by molar-refractivity contribution is 0.0969. The molecule has 1 aromatic rings. The molecule has 0 unspecified atom stereocenters. The van der Waals surface area contributed by atoms with Crippen LogP contribution in [0, 0.1) is 23.7 Å². The number of nitrogens with zero attached hydrogens (tertiary/aromatic N) is 1. The van der Waals surface area contributed by atoms with Gasteiger partial charge in [-0.05, 0) is 61.8 Å². The number of nitrogens with one attached hydrogen (secondary N) is 1.